The van der Waals surface area contributed by atoms with E-state index < -0.39 is 0 Å². The maximum absolute atomic E-state index is 11.1. The first-order chi connectivity index (χ1) is 7.25. The average molecular weight is 206 g/mol. The Morgan fingerprint density at radius 2 is 1.80 bits per heavy atom. The molecule has 2 fully saturated rings. The van der Waals surface area contributed by atoms with Gasteiger partial charge < -0.3 is 4.74 Å². The van der Waals surface area contributed by atoms with Gasteiger partial charge in [-0.3, -0.25) is 4.79 Å². The van der Waals surface area contributed by atoms with Crippen LogP contribution in [-0.2, 0) is 9.53 Å². The molecule has 0 spiro atoms. The number of ether oxygens (including phenoxy) is 1. The highest BCUT2D eigenvalue weighted by Crippen LogP contribution is 2.51. The molecule has 0 aromatic carbocycles. The van der Waals surface area contributed by atoms with Gasteiger partial charge in [0, 0.05) is 18.8 Å². The summed E-state index contributed by atoms with van der Waals surface area (Å²) in [5.41, 5.74) is 0. The van der Waals surface area contributed by atoms with Crippen molar-refractivity contribution in [2.45, 2.75) is 38.7 Å². The molecule has 15 heavy (non-hydrogen) atoms. The summed E-state index contributed by atoms with van der Waals surface area (Å²) in [6, 6.07) is 0. The van der Waals surface area contributed by atoms with E-state index >= 15 is 0 Å². The van der Waals surface area contributed by atoms with Gasteiger partial charge in [-0.15, -0.1) is 0 Å². The molecule has 0 heterocycles. The Balaban J connectivity index is 1.86. The lowest BCUT2D eigenvalue weighted by molar-refractivity contribution is -0.161. The lowest BCUT2D eigenvalue weighted by Gasteiger charge is -2.45. The molecular weight excluding hydrogens is 188 g/mol. The van der Waals surface area contributed by atoms with Crippen LogP contribution in [0.1, 0.15) is 32.6 Å². The molecule has 3 aliphatic rings. The zero-order chi connectivity index (χ0) is 10.4. The first-order valence-corrected chi connectivity index (χ1v) is 6.11. The van der Waals surface area contributed by atoms with Gasteiger partial charge in [0.1, 0.15) is 6.10 Å². The number of carbonyl (C=O) groups is 1. The molecule has 0 radical (unpaired) electrons. The van der Waals surface area contributed by atoms with Crippen LogP contribution in [0.5, 0.6) is 0 Å². The van der Waals surface area contributed by atoms with E-state index in [9.17, 15) is 4.79 Å². The third kappa shape index (κ3) is 1.42. The summed E-state index contributed by atoms with van der Waals surface area (Å²) in [6.45, 7) is 1.54. The van der Waals surface area contributed by atoms with Crippen LogP contribution in [0, 0.1) is 23.7 Å². The van der Waals surface area contributed by atoms with Crippen molar-refractivity contribution < 1.29 is 9.53 Å². The fourth-order valence-corrected chi connectivity index (χ4v) is 3.91. The molecule has 0 aromatic heterocycles. The minimum atomic E-state index is -0.0989. The summed E-state index contributed by atoms with van der Waals surface area (Å²) in [4.78, 5) is 11.1. The van der Waals surface area contributed by atoms with E-state index in [2.05, 4.69) is 12.2 Å². The highest BCUT2D eigenvalue weighted by atomic mass is 16.5. The summed E-state index contributed by atoms with van der Waals surface area (Å²) < 4.78 is 5.56. The van der Waals surface area contributed by atoms with Crippen molar-refractivity contribution in [2.75, 3.05) is 0 Å². The van der Waals surface area contributed by atoms with E-state index in [4.69, 9.17) is 4.74 Å². The van der Waals surface area contributed by atoms with Crippen LogP contribution in [0.4, 0.5) is 0 Å². The van der Waals surface area contributed by atoms with Crippen LogP contribution in [0.3, 0.4) is 0 Å². The molecule has 2 saturated carbocycles. The van der Waals surface area contributed by atoms with Crippen molar-refractivity contribution in [3.63, 3.8) is 0 Å². The minimum absolute atomic E-state index is 0.0989. The topological polar surface area (TPSA) is 26.3 Å². The van der Waals surface area contributed by atoms with Crippen LogP contribution in [0.15, 0.2) is 12.2 Å². The first-order valence-electron chi connectivity index (χ1n) is 6.11. The lowest BCUT2D eigenvalue weighted by Crippen LogP contribution is -2.46. The molecule has 3 rings (SSSR count). The molecule has 5 atom stereocenters. The standard InChI is InChI=1S/C13H18O2/c1-8(14)15-13-11-3-2-4-12(13)10-6-5-9(11)7-10/h5-6,9-13H,2-4,7H2,1H3/t9-,10+,11+,12-,13?. The van der Waals surface area contributed by atoms with Crippen molar-refractivity contribution in [3.8, 4) is 0 Å². The van der Waals surface area contributed by atoms with Gasteiger partial charge in [0.25, 0.3) is 0 Å². The van der Waals surface area contributed by atoms with Gasteiger partial charge in [0.15, 0.2) is 0 Å². The van der Waals surface area contributed by atoms with E-state index in [0.29, 0.717) is 23.7 Å². The van der Waals surface area contributed by atoms with Crippen LogP contribution < -0.4 is 0 Å². The van der Waals surface area contributed by atoms with E-state index in [1.54, 1.807) is 6.92 Å². The van der Waals surface area contributed by atoms with Gasteiger partial charge in [-0.05, 0) is 31.1 Å². The lowest BCUT2D eigenvalue weighted by atomic mass is 9.63. The van der Waals surface area contributed by atoms with Crippen molar-refractivity contribution in [1.82, 2.24) is 0 Å². The molecule has 3 aliphatic carbocycles. The fraction of sp³-hybridized carbons (Fsp3) is 0.769. The molecule has 2 heteroatoms. The number of rotatable bonds is 1. The third-order valence-corrected chi connectivity index (χ3v) is 4.47. The summed E-state index contributed by atoms with van der Waals surface area (Å²) in [5, 5.41) is 0. The highest BCUT2D eigenvalue weighted by molar-refractivity contribution is 5.66. The second-order valence-electron chi connectivity index (χ2n) is 5.28. The second kappa shape index (κ2) is 3.36. The van der Waals surface area contributed by atoms with E-state index in [-0.39, 0.29) is 12.1 Å². The van der Waals surface area contributed by atoms with E-state index in [1.165, 1.54) is 25.7 Å². The molecule has 1 unspecified atom stereocenters. The van der Waals surface area contributed by atoms with E-state index in [1.807, 2.05) is 0 Å². The molecule has 0 N–H and O–H groups in total. The summed E-state index contributed by atoms with van der Waals surface area (Å²) in [5.74, 6) is 2.51. The van der Waals surface area contributed by atoms with Crippen molar-refractivity contribution in [2.24, 2.45) is 23.7 Å². The number of hydrogen-bond acceptors (Lipinski definition) is 2. The Hall–Kier alpha value is -0.790. The molecule has 4 bridgehead atoms. The van der Waals surface area contributed by atoms with Gasteiger partial charge in [0.2, 0.25) is 0 Å². The van der Waals surface area contributed by atoms with Crippen LogP contribution >= 0.6 is 0 Å². The van der Waals surface area contributed by atoms with Gasteiger partial charge in [-0.25, -0.2) is 0 Å². The predicted octanol–water partition coefficient (Wildman–Crippen LogP) is 2.54. The Morgan fingerprint density at radius 3 is 2.33 bits per heavy atom. The molecule has 0 aliphatic heterocycles. The number of carbonyl (C=O) groups excluding carboxylic acids is 1. The smallest absolute Gasteiger partial charge is 0.302 e. The van der Waals surface area contributed by atoms with Gasteiger partial charge in [-0.2, -0.15) is 0 Å². The average Bonchev–Trinajstić information content (AvgIpc) is 2.61. The van der Waals surface area contributed by atoms with Gasteiger partial charge >= 0.3 is 5.97 Å². The van der Waals surface area contributed by atoms with Crippen molar-refractivity contribution >= 4 is 5.97 Å². The predicted molar refractivity (Wildman–Crippen MR) is 57.1 cm³/mol. The monoisotopic (exact) mass is 206 g/mol. The Bertz CT molecular complexity index is 288. The highest BCUT2D eigenvalue weighted by Gasteiger charge is 2.49. The number of fused-ring (bicyclic) bond motifs is 6. The summed E-state index contributed by atoms with van der Waals surface area (Å²) in [7, 11) is 0. The molecule has 2 nitrogen and oxygen atoms in total. The van der Waals surface area contributed by atoms with Crippen LogP contribution in [-0.4, -0.2) is 12.1 Å². The number of hydrogen-bond donors (Lipinski definition) is 0. The molecule has 0 aromatic rings. The normalized spacial score (nSPS) is 46.6. The molecule has 0 amide bonds. The summed E-state index contributed by atoms with van der Waals surface area (Å²) in [6.07, 6.45) is 10.1. The maximum Gasteiger partial charge on any atom is 0.302 e. The molecule has 82 valence electrons. The van der Waals surface area contributed by atoms with Gasteiger partial charge in [0.05, 0.1) is 0 Å². The maximum atomic E-state index is 11.1. The second-order valence-corrected chi connectivity index (χ2v) is 5.28. The molecule has 0 saturated heterocycles. The number of esters is 1. The summed E-state index contributed by atoms with van der Waals surface area (Å²) >= 11 is 0. The van der Waals surface area contributed by atoms with Crippen LogP contribution in [0.2, 0.25) is 0 Å². The van der Waals surface area contributed by atoms with Crippen molar-refractivity contribution in [1.29, 1.82) is 0 Å². The number of allylic oxidation sites excluding steroid dienone is 2. The quantitative estimate of drug-likeness (QED) is 0.487. The SMILES string of the molecule is CC(=O)OC1[C@H]2CCC[C@@H]1[C@H]1C=C[C@@H]2C1. The fourth-order valence-electron chi connectivity index (χ4n) is 3.91. The largest absolute Gasteiger partial charge is 0.462 e. The zero-order valence-electron chi connectivity index (χ0n) is 9.19. The minimum Gasteiger partial charge on any atom is -0.462 e. The molecular formula is C13H18O2. The van der Waals surface area contributed by atoms with E-state index in [0.717, 1.165) is 0 Å². The van der Waals surface area contributed by atoms with Crippen LogP contribution in [0.25, 0.3) is 0 Å². The van der Waals surface area contributed by atoms with Crippen molar-refractivity contribution in [3.05, 3.63) is 12.2 Å². The first kappa shape index (κ1) is 9.44. The zero-order valence-corrected chi connectivity index (χ0v) is 9.19. The Morgan fingerprint density at radius 1 is 1.20 bits per heavy atom. The third-order valence-electron chi connectivity index (χ3n) is 4.47. The Labute approximate surface area is 90.7 Å². The van der Waals surface area contributed by atoms with Gasteiger partial charge in [-0.1, -0.05) is 18.6 Å². The Kier molecular flexibility index (Phi) is 2.11.